The number of piperidine rings is 1. The van der Waals surface area contributed by atoms with Crippen molar-refractivity contribution in [1.29, 1.82) is 0 Å². The zero-order chi connectivity index (χ0) is 20.4. The van der Waals surface area contributed by atoms with Gasteiger partial charge in [0.25, 0.3) is 0 Å². The second kappa shape index (κ2) is 6.72. The molecule has 0 aromatic carbocycles. The molecule has 2 aliphatic heterocycles. The van der Waals surface area contributed by atoms with Crippen molar-refractivity contribution in [3.63, 3.8) is 0 Å². The van der Waals surface area contributed by atoms with Crippen LogP contribution in [0.4, 0.5) is 9.52 Å². The highest BCUT2D eigenvalue weighted by atomic mass is 32.1. The normalized spacial score (nSPS) is 23.5. The van der Waals surface area contributed by atoms with Crippen LogP contribution >= 0.6 is 11.3 Å². The molecule has 4 aromatic rings. The lowest BCUT2D eigenvalue weighted by Crippen LogP contribution is -2.47. The van der Waals surface area contributed by atoms with Crippen LogP contribution in [0.2, 0.25) is 0 Å². The number of halogens is 1. The van der Waals surface area contributed by atoms with E-state index in [1.807, 2.05) is 31.5 Å². The third-order valence-corrected chi connectivity index (χ3v) is 7.52. The van der Waals surface area contributed by atoms with Crippen molar-refractivity contribution in [1.82, 2.24) is 24.7 Å². The van der Waals surface area contributed by atoms with E-state index in [-0.39, 0.29) is 5.82 Å². The third kappa shape index (κ3) is 2.97. The summed E-state index contributed by atoms with van der Waals surface area (Å²) in [7, 11) is 2.15. The number of rotatable bonds is 3. The molecule has 8 heteroatoms. The van der Waals surface area contributed by atoms with Gasteiger partial charge in [0.1, 0.15) is 10.3 Å². The molecule has 2 aliphatic rings. The quantitative estimate of drug-likeness (QED) is 0.537. The summed E-state index contributed by atoms with van der Waals surface area (Å²) in [6.07, 6.45) is 8.63. The predicted molar refractivity (Wildman–Crippen MR) is 118 cm³/mol. The molecule has 2 atom stereocenters. The summed E-state index contributed by atoms with van der Waals surface area (Å²) in [6, 6.07) is 7.22. The van der Waals surface area contributed by atoms with Gasteiger partial charge in [-0.25, -0.2) is 19.3 Å². The molecule has 6 heterocycles. The summed E-state index contributed by atoms with van der Waals surface area (Å²) in [5.41, 5.74) is 3.50. The van der Waals surface area contributed by atoms with Crippen LogP contribution in [0.15, 0.2) is 30.6 Å². The minimum atomic E-state index is -0.340. The van der Waals surface area contributed by atoms with Gasteiger partial charge in [0.05, 0.1) is 11.4 Å². The van der Waals surface area contributed by atoms with Crippen molar-refractivity contribution in [2.45, 2.75) is 50.7 Å². The molecule has 2 bridgehead atoms. The number of nitrogens with zero attached hydrogens (tertiary/aromatic N) is 5. The van der Waals surface area contributed by atoms with Gasteiger partial charge in [0.2, 0.25) is 0 Å². The molecular formula is C22H23FN6S. The van der Waals surface area contributed by atoms with E-state index in [2.05, 4.69) is 22.2 Å². The Hall–Kier alpha value is -2.58. The maximum Gasteiger partial charge on any atom is 0.187 e. The summed E-state index contributed by atoms with van der Waals surface area (Å²) in [6.45, 7) is 1.86. The first-order valence-corrected chi connectivity index (χ1v) is 11.3. The van der Waals surface area contributed by atoms with E-state index in [1.165, 1.54) is 31.7 Å². The van der Waals surface area contributed by atoms with Gasteiger partial charge in [-0.15, -0.1) is 0 Å². The van der Waals surface area contributed by atoms with Crippen LogP contribution < -0.4 is 10.2 Å². The number of fused-ring (bicyclic) bond motifs is 4. The molecule has 4 aromatic heterocycles. The van der Waals surface area contributed by atoms with Crippen molar-refractivity contribution in [3.05, 3.63) is 42.1 Å². The van der Waals surface area contributed by atoms with E-state index in [0.717, 1.165) is 32.4 Å². The molecule has 0 amide bonds. The highest BCUT2D eigenvalue weighted by molar-refractivity contribution is 7.21. The number of pyridine rings is 2. The van der Waals surface area contributed by atoms with Crippen molar-refractivity contribution in [2.75, 3.05) is 11.9 Å². The number of nitrogens with one attached hydrogen (secondary N) is 1. The summed E-state index contributed by atoms with van der Waals surface area (Å²) in [5, 5.41) is 4.71. The summed E-state index contributed by atoms with van der Waals surface area (Å²) < 4.78 is 16.2. The second-order valence-corrected chi connectivity index (χ2v) is 9.54. The van der Waals surface area contributed by atoms with Crippen LogP contribution in [-0.4, -0.2) is 44.5 Å². The molecule has 2 fully saturated rings. The molecule has 0 aliphatic carbocycles. The van der Waals surface area contributed by atoms with Crippen LogP contribution in [0.3, 0.4) is 0 Å². The molecule has 2 saturated heterocycles. The van der Waals surface area contributed by atoms with Crippen LogP contribution in [-0.2, 0) is 0 Å². The lowest BCUT2D eigenvalue weighted by molar-refractivity contribution is 0.354. The van der Waals surface area contributed by atoms with Gasteiger partial charge in [-0.1, -0.05) is 11.3 Å². The van der Waals surface area contributed by atoms with Crippen molar-refractivity contribution in [2.24, 2.45) is 0 Å². The Morgan fingerprint density at radius 2 is 1.93 bits per heavy atom. The Labute approximate surface area is 177 Å². The van der Waals surface area contributed by atoms with E-state index in [9.17, 15) is 4.39 Å². The fourth-order valence-corrected chi connectivity index (χ4v) is 5.91. The average Bonchev–Trinajstić information content (AvgIpc) is 3.42. The molecule has 6 rings (SSSR count). The minimum absolute atomic E-state index is 0.340. The third-order valence-electron chi connectivity index (χ3n) is 6.46. The van der Waals surface area contributed by atoms with Gasteiger partial charge in [0.15, 0.2) is 16.6 Å². The molecule has 30 heavy (non-hydrogen) atoms. The van der Waals surface area contributed by atoms with Crippen LogP contribution in [0, 0.1) is 12.7 Å². The summed E-state index contributed by atoms with van der Waals surface area (Å²) >= 11 is 1.61. The Morgan fingerprint density at radius 1 is 1.13 bits per heavy atom. The lowest BCUT2D eigenvalue weighted by atomic mass is 9.99. The van der Waals surface area contributed by atoms with Crippen LogP contribution in [0.1, 0.15) is 31.4 Å². The topological polar surface area (TPSA) is 58.4 Å². The van der Waals surface area contributed by atoms with E-state index < -0.39 is 0 Å². The fraction of sp³-hybridized carbons (Fsp3) is 0.409. The van der Waals surface area contributed by atoms with E-state index in [0.29, 0.717) is 23.8 Å². The maximum absolute atomic E-state index is 14.5. The summed E-state index contributed by atoms with van der Waals surface area (Å²) in [4.78, 5) is 17.1. The smallest absolute Gasteiger partial charge is 0.187 e. The standard InChI is InChI=1S/C22H23FN6S/c1-12-10-29-11-13(7-17(23)20(29)24-12)18-5-6-19-21(26-18)30-22(27-19)28(2)16-8-14-3-4-15(9-16)25-14/h5-7,10-11,14-16,25H,3-4,8-9H2,1-2H3. The number of hydrogen-bond acceptors (Lipinski definition) is 6. The number of aryl methyl sites for hydroxylation is 1. The Bertz CT molecular complexity index is 1250. The molecular weight excluding hydrogens is 399 g/mol. The largest absolute Gasteiger partial charge is 0.348 e. The predicted octanol–water partition coefficient (Wildman–Crippen LogP) is 4.17. The number of aromatic nitrogens is 4. The fourth-order valence-electron chi connectivity index (χ4n) is 4.94. The number of anilines is 1. The SMILES string of the molecule is Cc1cn2cc(-c3ccc4nc(N(C)C5CC6CCC(C5)N6)sc4n3)cc(F)c2n1. The maximum atomic E-state index is 14.5. The first kappa shape index (κ1) is 18.2. The highest BCUT2D eigenvalue weighted by Crippen LogP contribution is 2.35. The van der Waals surface area contributed by atoms with Crippen molar-refractivity contribution < 1.29 is 4.39 Å². The number of thiazole rings is 1. The molecule has 154 valence electrons. The zero-order valence-electron chi connectivity index (χ0n) is 17.0. The monoisotopic (exact) mass is 422 g/mol. The van der Waals surface area contributed by atoms with Gasteiger partial charge in [-0.3, -0.25) is 0 Å². The average molecular weight is 423 g/mol. The Balaban J connectivity index is 1.33. The number of imidazole rings is 1. The van der Waals surface area contributed by atoms with Crippen molar-refractivity contribution >= 4 is 32.5 Å². The van der Waals surface area contributed by atoms with Gasteiger partial charge in [0, 0.05) is 43.1 Å². The van der Waals surface area contributed by atoms with Crippen LogP contribution in [0.5, 0.6) is 0 Å². The second-order valence-electron chi connectivity index (χ2n) is 8.58. The van der Waals surface area contributed by atoms with E-state index in [4.69, 9.17) is 9.97 Å². The molecule has 0 saturated carbocycles. The molecule has 0 spiro atoms. The molecule has 6 nitrogen and oxygen atoms in total. The Morgan fingerprint density at radius 3 is 2.73 bits per heavy atom. The molecule has 2 unspecified atom stereocenters. The van der Waals surface area contributed by atoms with Gasteiger partial charge < -0.3 is 14.6 Å². The molecule has 0 radical (unpaired) electrons. The minimum Gasteiger partial charge on any atom is -0.348 e. The Kier molecular flexibility index (Phi) is 4.08. The number of hydrogen-bond donors (Lipinski definition) is 1. The summed E-state index contributed by atoms with van der Waals surface area (Å²) in [5.74, 6) is -0.340. The first-order chi connectivity index (χ1) is 14.5. The zero-order valence-corrected chi connectivity index (χ0v) is 17.8. The van der Waals surface area contributed by atoms with Crippen molar-refractivity contribution in [3.8, 4) is 11.3 Å². The van der Waals surface area contributed by atoms with Crippen LogP contribution in [0.25, 0.3) is 27.3 Å². The molecule has 1 N–H and O–H groups in total. The van der Waals surface area contributed by atoms with E-state index >= 15 is 0 Å². The lowest BCUT2D eigenvalue weighted by Gasteiger charge is -2.35. The highest BCUT2D eigenvalue weighted by Gasteiger charge is 2.35. The van der Waals surface area contributed by atoms with E-state index in [1.54, 1.807) is 15.7 Å². The van der Waals surface area contributed by atoms with Gasteiger partial charge in [-0.05, 0) is 50.8 Å². The first-order valence-electron chi connectivity index (χ1n) is 10.5. The van der Waals surface area contributed by atoms with Gasteiger partial charge >= 0.3 is 0 Å². The van der Waals surface area contributed by atoms with Gasteiger partial charge in [-0.2, -0.15) is 0 Å².